The first-order chi connectivity index (χ1) is 13.6. The summed E-state index contributed by atoms with van der Waals surface area (Å²) in [6, 6.07) is 0. The molecule has 4 aliphatic rings. The van der Waals surface area contributed by atoms with Crippen LogP contribution in [0.3, 0.4) is 0 Å². The number of carbonyl (C=O) groups excluding carboxylic acids is 1. The summed E-state index contributed by atoms with van der Waals surface area (Å²) in [6.45, 7) is 6.54. The number of aliphatic hydroxyl groups is 2. The number of Topliss-reactive ketones (excluding diaryl/α,β-unsaturated/α-hetero) is 1. The van der Waals surface area contributed by atoms with Gasteiger partial charge in [0.25, 0.3) is 0 Å². The van der Waals surface area contributed by atoms with Crippen LogP contribution >= 0.6 is 0 Å². The van der Waals surface area contributed by atoms with Gasteiger partial charge in [0.05, 0.1) is 12.2 Å². The second-order valence-corrected chi connectivity index (χ2v) is 11.2. The third kappa shape index (κ3) is 3.18. The van der Waals surface area contributed by atoms with Crippen LogP contribution in [0.1, 0.15) is 78.6 Å². The molecular formula is C24H38O5. The Morgan fingerprint density at radius 2 is 1.86 bits per heavy atom. The molecule has 164 valence electrons. The van der Waals surface area contributed by atoms with E-state index in [9.17, 15) is 19.8 Å². The summed E-state index contributed by atoms with van der Waals surface area (Å²) in [7, 11) is 0. The molecule has 0 spiro atoms. The van der Waals surface area contributed by atoms with Crippen molar-refractivity contribution in [1.82, 2.24) is 0 Å². The molecule has 0 amide bonds. The molecule has 10 atom stereocenters. The van der Waals surface area contributed by atoms with E-state index in [0.717, 1.165) is 38.5 Å². The lowest BCUT2D eigenvalue weighted by atomic mass is 9.43. The molecule has 0 aliphatic heterocycles. The molecule has 0 bridgehead atoms. The van der Waals surface area contributed by atoms with Gasteiger partial charge in [-0.05, 0) is 85.9 Å². The summed E-state index contributed by atoms with van der Waals surface area (Å²) < 4.78 is 0. The second kappa shape index (κ2) is 7.33. The predicted molar refractivity (Wildman–Crippen MR) is 109 cm³/mol. The smallest absolute Gasteiger partial charge is 0.303 e. The van der Waals surface area contributed by atoms with E-state index in [0.29, 0.717) is 24.5 Å². The number of ketones is 1. The zero-order chi connectivity index (χ0) is 21.1. The number of hydrogen-bond donors (Lipinski definition) is 3. The van der Waals surface area contributed by atoms with Crippen molar-refractivity contribution >= 4 is 11.8 Å². The van der Waals surface area contributed by atoms with Gasteiger partial charge in [-0.1, -0.05) is 20.8 Å². The van der Waals surface area contributed by atoms with Gasteiger partial charge in [-0.25, -0.2) is 0 Å². The SMILES string of the molecule is C[C@@H](CCC(=O)O)[C@H]1CC[C@@H]2[C@@H]3[C@H](O)C[C@@H]4C[C@H](O)CC[C@]4(C)[C@H]3CC(=O)[C@@]21C. The summed E-state index contributed by atoms with van der Waals surface area (Å²) >= 11 is 0. The molecule has 0 radical (unpaired) electrons. The Hall–Kier alpha value is -0.940. The van der Waals surface area contributed by atoms with E-state index >= 15 is 0 Å². The molecule has 0 unspecified atom stereocenters. The van der Waals surface area contributed by atoms with Gasteiger partial charge in [-0.3, -0.25) is 9.59 Å². The van der Waals surface area contributed by atoms with Crippen molar-refractivity contribution in [3.05, 3.63) is 0 Å². The number of carbonyl (C=O) groups is 2. The fraction of sp³-hybridized carbons (Fsp3) is 0.917. The minimum Gasteiger partial charge on any atom is -0.481 e. The Morgan fingerprint density at radius 3 is 2.55 bits per heavy atom. The standard InChI is InChI=1S/C24H38O5/c1-13(4-7-21(28)29)16-5-6-17-22-18(12-20(27)24(16,17)3)23(2)9-8-15(25)10-14(23)11-19(22)26/h13-19,22,25-26H,4-12H2,1-3H3,(H,28,29)/t13-,14-,15+,16+,17+,18-,19+,22-,23-,24+/m0/s1. The fourth-order valence-corrected chi connectivity index (χ4v) is 8.41. The molecule has 0 heterocycles. The molecule has 0 aromatic rings. The Kier molecular flexibility index (Phi) is 5.39. The Bertz CT molecular complexity index is 676. The van der Waals surface area contributed by atoms with E-state index in [4.69, 9.17) is 5.11 Å². The molecule has 5 nitrogen and oxygen atoms in total. The van der Waals surface area contributed by atoms with Crippen LogP contribution in [0.2, 0.25) is 0 Å². The van der Waals surface area contributed by atoms with Gasteiger partial charge >= 0.3 is 5.97 Å². The van der Waals surface area contributed by atoms with Crippen LogP contribution in [0.5, 0.6) is 0 Å². The van der Waals surface area contributed by atoms with Crippen molar-refractivity contribution in [3.8, 4) is 0 Å². The minimum absolute atomic E-state index is 0.0348. The zero-order valence-corrected chi connectivity index (χ0v) is 18.1. The van der Waals surface area contributed by atoms with Crippen molar-refractivity contribution in [1.29, 1.82) is 0 Å². The summed E-state index contributed by atoms with van der Waals surface area (Å²) in [4.78, 5) is 24.7. The van der Waals surface area contributed by atoms with Crippen molar-refractivity contribution in [2.75, 3.05) is 0 Å². The van der Waals surface area contributed by atoms with Crippen LogP contribution in [0.4, 0.5) is 0 Å². The highest BCUT2D eigenvalue weighted by Gasteiger charge is 2.65. The van der Waals surface area contributed by atoms with E-state index in [1.165, 1.54) is 0 Å². The van der Waals surface area contributed by atoms with Gasteiger partial charge in [-0.2, -0.15) is 0 Å². The Morgan fingerprint density at radius 1 is 1.14 bits per heavy atom. The summed E-state index contributed by atoms with van der Waals surface area (Å²) in [5.74, 6) is 0.855. The number of rotatable bonds is 4. The van der Waals surface area contributed by atoms with E-state index < -0.39 is 17.5 Å². The van der Waals surface area contributed by atoms with E-state index in [2.05, 4.69) is 20.8 Å². The van der Waals surface area contributed by atoms with Gasteiger partial charge in [0.2, 0.25) is 0 Å². The molecule has 5 heteroatoms. The van der Waals surface area contributed by atoms with Crippen LogP contribution < -0.4 is 0 Å². The van der Waals surface area contributed by atoms with Crippen molar-refractivity contribution < 1.29 is 24.9 Å². The molecular weight excluding hydrogens is 368 g/mol. The number of hydrogen-bond acceptors (Lipinski definition) is 4. The monoisotopic (exact) mass is 406 g/mol. The first kappa shape index (κ1) is 21.3. The molecule has 0 aromatic heterocycles. The predicted octanol–water partition coefficient (Wildman–Crippen LogP) is 3.66. The lowest BCUT2D eigenvalue weighted by Gasteiger charge is -2.61. The average molecular weight is 407 g/mol. The molecule has 4 rings (SSSR count). The van der Waals surface area contributed by atoms with Crippen molar-refractivity contribution in [2.24, 2.45) is 46.3 Å². The molecule has 0 saturated heterocycles. The average Bonchev–Trinajstić information content (AvgIpc) is 3.01. The second-order valence-electron chi connectivity index (χ2n) is 11.2. The highest BCUT2D eigenvalue weighted by molar-refractivity contribution is 5.87. The minimum atomic E-state index is -0.771. The topological polar surface area (TPSA) is 94.8 Å². The summed E-state index contributed by atoms with van der Waals surface area (Å²) in [5.41, 5.74) is -0.398. The van der Waals surface area contributed by atoms with Crippen LogP contribution in [-0.2, 0) is 9.59 Å². The third-order valence-corrected chi connectivity index (χ3v) is 10.1. The maximum absolute atomic E-state index is 13.6. The maximum atomic E-state index is 13.6. The van der Waals surface area contributed by atoms with Gasteiger partial charge in [0.1, 0.15) is 5.78 Å². The van der Waals surface area contributed by atoms with Crippen LogP contribution in [0, 0.1) is 46.3 Å². The first-order valence-electron chi connectivity index (χ1n) is 11.7. The molecule has 29 heavy (non-hydrogen) atoms. The lowest BCUT2D eigenvalue weighted by molar-refractivity contribution is -0.181. The summed E-state index contributed by atoms with van der Waals surface area (Å²) in [6.07, 6.45) is 5.82. The third-order valence-electron chi connectivity index (χ3n) is 10.1. The van der Waals surface area contributed by atoms with Crippen LogP contribution in [-0.4, -0.2) is 39.3 Å². The van der Waals surface area contributed by atoms with Crippen molar-refractivity contribution in [3.63, 3.8) is 0 Å². The zero-order valence-electron chi connectivity index (χ0n) is 18.1. The number of fused-ring (bicyclic) bond motifs is 5. The Balaban J connectivity index is 1.62. The van der Waals surface area contributed by atoms with E-state index in [1.807, 2.05) is 0 Å². The number of aliphatic hydroxyl groups excluding tert-OH is 2. The number of aliphatic carboxylic acids is 1. The van der Waals surface area contributed by atoms with Crippen molar-refractivity contribution in [2.45, 2.75) is 90.8 Å². The molecule has 4 aliphatic carbocycles. The molecule has 0 aromatic carbocycles. The van der Waals surface area contributed by atoms with Crippen LogP contribution in [0.25, 0.3) is 0 Å². The number of carboxylic acids is 1. The molecule has 4 saturated carbocycles. The highest BCUT2D eigenvalue weighted by atomic mass is 16.4. The van der Waals surface area contributed by atoms with E-state index in [-0.39, 0.29) is 47.5 Å². The van der Waals surface area contributed by atoms with Gasteiger partial charge < -0.3 is 15.3 Å². The number of carboxylic acid groups (broad SMARTS) is 1. The van der Waals surface area contributed by atoms with E-state index in [1.54, 1.807) is 0 Å². The molecule has 3 N–H and O–H groups in total. The fourth-order valence-electron chi connectivity index (χ4n) is 8.41. The van der Waals surface area contributed by atoms with Gasteiger partial charge in [0, 0.05) is 18.3 Å². The molecule has 4 fully saturated rings. The quantitative estimate of drug-likeness (QED) is 0.662. The maximum Gasteiger partial charge on any atom is 0.303 e. The van der Waals surface area contributed by atoms with Gasteiger partial charge in [-0.15, -0.1) is 0 Å². The normalized spacial score (nSPS) is 50.4. The Labute approximate surface area is 174 Å². The largest absolute Gasteiger partial charge is 0.481 e. The van der Waals surface area contributed by atoms with Gasteiger partial charge in [0.15, 0.2) is 0 Å². The summed E-state index contributed by atoms with van der Waals surface area (Å²) in [5, 5.41) is 30.5. The van der Waals surface area contributed by atoms with Crippen LogP contribution in [0.15, 0.2) is 0 Å². The first-order valence-corrected chi connectivity index (χ1v) is 11.7. The highest BCUT2D eigenvalue weighted by Crippen LogP contribution is 2.67. The lowest BCUT2D eigenvalue weighted by Crippen LogP contribution is -2.61.